The van der Waals surface area contributed by atoms with Crippen LogP contribution in [0.2, 0.25) is 0 Å². The van der Waals surface area contributed by atoms with Crippen molar-refractivity contribution >= 4 is 11.7 Å². The number of rotatable bonds is 3. The molecule has 0 aromatic heterocycles. The molecule has 0 heterocycles. The van der Waals surface area contributed by atoms with Crippen molar-refractivity contribution in [1.29, 1.82) is 0 Å². The van der Waals surface area contributed by atoms with Crippen molar-refractivity contribution in [3.05, 3.63) is 0 Å². The van der Waals surface area contributed by atoms with Gasteiger partial charge in [0.15, 0.2) is 5.84 Å². The number of nitrogens with one attached hydrogen (secondary N) is 1. The first-order chi connectivity index (χ1) is 7.39. The lowest BCUT2D eigenvalue weighted by atomic mass is 9.90. The Balaban J connectivity index is 2.64. The average Bonchev–Trinajstić information content (AvgIpc) is 2.63. The van der Waals surface area contributed by atoms with E-state index >= 15 is 0 Å². The maximum absolute atomic E-state index is 12.0. The molecule has 5 heteroatoms. The van der Waals surface area contributed by atoms with Crippen LogP contribution >= 0.6 is 0 Å². The summed E-state index contributed by atoms with van der Waals surface area (Å²) in [7, 11) is 0. The fourth-order valence-electron chi connectivity index (χ4n) is 1.95. The number of oxime groups is 1. The molecule has 1 amide bonds. The Kier molecular flexibility index (Phi) is 3.78. The summed E-state index contributed by atoms with van der Waals surface area (Å²) in [4.78, 5) is 12.0. The zero-order valence-electron chi connectivity index (χ0n) is 10.2. The molecule has 2 atom stereocenters. The summed E-state index contributed by atoms with van der Waals surface area (Å²) in [5.41, 5.74) is 4.54. The number of amides is 1. The minimum atomic E-state index is -0.961. The Bertz CT molecular complexity index is 300. The molecule has 0 spiro atoms. The molecule has 1 aliphatic rings. The van der Waals surface area contributed by atoms with Crippen molar-refractivity contribution in [1.82, 2.24) is 5.32 Å². The minimum absolute atomic E-state index is 0.0596. The second kappa shape index (κ2) is 4.72. The van der Waals surface area contributed by atoms with Crippen molar-refractivity contribution in [2.75, 3.05) is 0 Å². The lowest BCUT2D eigenvalue weighted by Gasteiger charge is -2.26. The first-order valence-electron chi connectivity index (χ1n) is 5.68. The second-order valence-electron chi connectivity index (χ2n) is 5.10. The van der Waals surface area contributed by atoms with E-state index in [0.717, 1.165) is 19.3 Å². The molecule has 0 aromatic rings. The summed E-state index contributed by atoms with van der Waals surface area (Å²) in [5.74, 6) is 0.268. The zero-order chi connectivity index (χ0) is 12.3. The first-order valence-corrected chi connectivity index (χ1v) is 5.68. The first kappa shape index (κ1) is 12.8. The predicted octanol–water partition coefficient (Wildman–Crippen LogP) is 1.06. The Morgan fingerprint density at radius 2 is 2.12 bits per heavy atom. The maximum atomic E-state index is 12.0. The van der Waals surface area contributed by atoms with Gasteiger partial charge in [0, 0.05) is 6.04 Å². The van der Waals surface area contributed by atoms with Gasteiger partial charge in [0.2, 0.25) is 5.91 Å². The van der Waals surface area contributed by atoms with Crippen LogP contribution in [0.4, 0.5) is 0 Å². The fourth-order valence-corrected chi connectivity index (χ4v) is 1.95. The lowest BCUT2D eigenvalue weighted by molar-refractivity contribution is -0.127. The van der Waals surface area contributed by atoms with Crippen molar-refractivity contribution < 1.29 is 10.0 Å². The molecule has 0 radical (unpaired) electrons. The lowest BCUT2D eigenvalue weighted by Crippen LogP contribution is -2.49. The highest BCUT2D eigenvalue weighted by Crippen LogP contribution is 2.26. The van der Waals surface area contributed by atoms with Gasteiger partial charge in [-0.2, -0.15) is 0 Å². The van der Waals surface area contributed by atoms with Gasteiger partial charge in [-0.3, -0.25) is 4.79 Å². The number of carbonyl (C=O) groups excluding carboxylic acids is 1. The van der Waals surface area contributed by atoms with E-state index in [-0.39, 0.29) is 17.8 Å². The molecule has 0 aromatic carbocycles. The molecule has 5 nitrogen and oxygen atoms in total. The minimum Gasteiger partial charge on any atom is -0.409 e. The van der Waals surface area contributed by atoms with E-state index in [2.05, 4.69) is 17.4 Å². The van der Waals surface area contributed by atoms with Crippen LogP contribution in [0.3, 0.4) is 0 Å². The monoisotopic (exact) mass is 227 g/mol. The standard InChI is InChI=1S/C11H21N3O2/c1-7-5-4-6-8(7)13-10(15)11(2,3)9(12)14-16/h7-8,16H,4-6H2,1-3H3,(H2,12,14)(H,13,15). The van der Waals surface area contributed by atoms with Crippen LogP contribution in [-0.2, 0) is 4.79 Å². The van der Waals surface area contributed by atoms with Gasteiger partial charge in [0.25, 0.3) is 0 Å². The van der Waals surface area contributed by atoms with E-state index in [1.165, 1.54) is 0 Å². The van der Waals surface area contributed by atoms with Gasteiger partial charge in [-0.25, -0.2) is 0 Å². The third kappa shape index (κ3) is 2.46. The second-order valence-corrected chi connectivity index (χ2v) is 5.10. The van der Waals surface area contributed by atoms with E-state index in [1.54, 1.807) is 13.8 Å². The molecule has 0 saturated heterocycles. The molecule has 4 N–H and O–H groups in total. The highest BCUT2D eigenvalue weighted by atomic mass is 16.4. The Morgan fingerprint density at radius 3 is 2.56 bits per heavy atom. The van der Waals surface area contributed by atoms with Crippen molar-refractivity contribution in [2.24, 2.45) is 22.2 Å². The smallest absolute Gasteiger partial charge is 0.233 e. The van der Waals surface area contributed by atoms with E-state index < -0.39 is 5.41 Å². The molecule has 1 rings (SSSR count). The van der Waals surface area contributed by atoms with Crippen LogP contribution in [0, 0.1) is 11.3 Å². The van der Waals surface area contributed by atoms with Gasteiger partial charge >= 0.3 is 0 Å². The van der Waals surface area contributed by atoms with E-state index in [0.29, 0.717) is 5.92 Å². The average molecular weight is 227 g/mol. The third-order valence-electron chi connectivity index (χ3n) is 3.49. The number of hydrogen-bond donors (Lipinski definition) is 3. The van der Waals surface area contributed by atoms with Crippen LogP contribution in [0.5, 0.6) is 0 Å². The van der Waals surface area contributed by atoms with Gasteiger partial charge in [-0.05, 0) is 32.6 Å². The fraction of sp³-hybridized carbons (Fsp3) is 0.818. The normalized spacial score (nSPS) is 26.8. The van der Waals surface area contributed by atoms with Crippen LogP contribution in [0.1, 0.15) is 40.0 Å². The van der Waals surface area contributed by atoms with Crippen molar-refractivity contribution in [2.45, 2.75) is 46.1 Å². The third-order valence-corrected chi connectivity index (χ3v) is 3.49. The van der Waals surface area contributed by atoms with E-state index in [4.69, 9.17) is 10.9 Å². The summed E-state index contributed by atoms with van der Waals surface area (Å²) in [6, 6.07) is 0.221. The largest absolute Gasteiger partial charge is 0.409 e. The number of nitrogens with two attached hydrogens (primary N) is 1. The summed E-state index contributed by atoms with van der Waals surface area (Å²) >= 11 is 0. The van der Waals surface area contributed by atoms with Crippen LogP contribution in [-0.4, -0.2) is 23.0 Å². The van der Waals surface area contributed by atoms with Gasteiger partial charge in [-0.1, -0.05) is 18.5 Å². The number of amidine groups is 1. The molecular formula is C11H21N3O2. The van der Waals surface area contributed by atoms with E-state index in [1.807, 2.05) is 0 Å². The molecule has 1 saturated carbocycles. The van der Waals surface area contributed by atoms with Gasteiger partial charge in [-0.15, -0.1) is 0 Å². The topological polar surface area (TPSA) is 87.7 Å². The molecule has 0 aliphatic heterocycles. The van der Waals surface area contributed by atoms with Crippen LogP contribution in [0.25, 0.3) is 0 Å². The number of carbonyl (C=O) groups is 1. The quantitative estimate of drug-likeness (QED) is 0.291. The molecule has 1 aliphatic carbocycles. The molecule has 16 heavy (non-hydrogen) atoms. The summed E-state index contributed by atoms with van der Waals surface area (Å²) < 4.78 is 0. The SMILES string of the molecule is CC1CCCC1NC(=O)C(C)(C)C(N)=NO. The van der Waals surface area contributed by atoms with E-state index in [9.17, 15) is 4.79 Å². The highest BCUT2D eigenvalue weighted by Gasteiger charge is 2.35. The number of hydrogen-bond acceptors (Lipinski definition) is 3. The Labute approximate surface area is 96.1 Å². The Morgan fingerprint density at radius 1 is 1.50 bits per heavy atom. The maximum Gasteiger partial charge on any atom is 0.233 e. The predicted molar refractivity (Wildman–Crippen MR) is 62.1 cm³/mol. The van der Waals surface area contributed by atoms with Gasteiger partial charge in [0.1, 0.15) is 5.41 Å². The molecule has 0 bridgehead atoms. The summed E-state index contributed by atoms with van der Waals surface area (Å²) in [5, 5.41) is 14.5. The van der Waals surface area contributed by atoms with Crippen LogP contribution < -0.4 is 11.1 Å². The zero-order valence-corrected chi connectivity index (χ0v) is 10.2. The molecule has 2 unspecified atom stereocenters. The molecule has 1 fully saturated rings. The summed E-state index contributed by atoms with van der Waals surface area (Å²) in [6.07, 6.45) is 3.31. The van der Waals surface area contributed by atoms with Crippen molar-refractivity contribution in [3.8, 4) is 0 Å². The highest BCUT2D eigenvalue weighted by molar-refractivity contribution is 6.05. The Hall–Kier alpha value is -1.26. The molecule has 92 valence electrons. The van der Waals surface area contributed by atoms with Gasteiger partial charge in [0.05, 0.1) is 0 Å². The molecular weight excluding hydrogens is 206 g/mol. The summed E-state index contributed by atoms with van der Waals surface area (Å²) in [6.45, 7) is 5.43. The van der Waals surface area contributed by atoms with Crippen LogP contribution in [0.15, 0.2) is 5.16 Å². The number of nitrogens with zero attached hydrogens (tertiary/aromatic N) is 1. The van der Waals surface area contributed by atoms with Gasteiger partial charge < -0.3 is 16.3 Å². The van der Waals surface area contributed by atoms with Crippen molar-refractivity contribution in [3.63, 3.8) is 0 Å².